The van der Waals surface area contributed by atoms with Crippen molar-refractivity contribution >= 4 is 32.9 Å². The maximum Gasteiger partial charge on any atom is 0.236 e. The quantitative estimate of drug-likeness (QED) is 0.822. The molecule has 0 aliphatic rings. The number of hydrogen-bond acceptors (Lipinski definition) is 4. The average molecular weight is 321 g/mol. The van der Waals surface area contributed by atoms with Crippen LogP contribution in [0, 0.1) is 6.92 Å². The number of thiocarbonyl (C=S) groups is 1. The first-order chi connectivity index (χ1) is 9.87. The molecule has 0 saturated heterocycles. The van der Waals surface area contributed by atoms with Crippen LogP contribution in [0.2, 0.25) is 0 Å². The Hall–Kier alpha value is -1.99. The second-order valence-corrected chi connectivity index (χ2v) is 6.80. The van der Waals surface area contributed by atoms with E-state index >= 15 is 0 Å². The molecule has 3 N–H and O–H groups in total. The van der Waals surface area contributed by atoms with E-state index in [1.165, 1.54) is 6.20 Å². The van der Waals surface area contributed by atoms with Gasteiger partial charge in [-0.25, -0.2) is 8.42 Å². The highest BCUT2D eigenvalue weighted by Crippen LogP contribution is 2.16. The second kappa shape index (κ2) is 6.19. The number of anilines is 1. The molecule has 5 nitrogen and oxygen atoms in total. The number of sulfonamides is 1. The molecule has 1 aromatic carbocycles. The molecule has 0 saturated carbocycles. The molecular weight excluding hydrogens is 306 g/mol. The van der Waals surface area contributed by atoms with E-state index in [2.05, 4.69) is 9.71 Å². The van der Waals surface area contributed by atoms with E-state index in [0.717, 1.165) is 5.56 Å². The number of nitrogens with one attached hydrogen (secondary N) is 1. The molecule has 0 radical (unpaired) electrons. The van der Waals surface area contributed by atoms with Crippen LogP contribution >= 0.6 is 12.2 Å². The zero-order chi connectivity index (χ0) is 15.5. The Labute approximate surface area is 129 Å². The molecule has 0 bridgehead atoms. The van der Waals surface area contributed by atoms with Gasteiger partial charge in [-0.1, -0.05) is 36.5 Å². The van der Waals surface area contributed by atoms with Gasteiger partial charge < -0.3 is 5.73 Å². The molecule has 2 rings (SSSR count). The van der Waals surface area contributed by atoms with Gasteiger partial charge in [0.05, 0.1) is 17.6 Å². The van der Waals surface area contributed by atoms with Gasteiger partial charge in [-0.3, -0.25) is 9.71 Å². The van der Waals surface area contributed by atoms with Gasteiger partial charge in [0.1, 0.15) is 4.99 Å². The van der Waals surface area contributed by atoms with Gasteiger partial charge in [-0.05, 0) is 24.1 Å². The van der Waals surface area contributed by atoms with Crippen LogP contribution in [0.25, 0.3) is 0 Å². The number of aryl methyl sites for hydroxylation is 1. The summed E-state index contributed by atoms with van der Waals surface area (Å²) in [6.07, 6.45) is 3.12. The molecule has 21 heavy (non-hydrogen) atoms. The third-order valence-corrected chi connectivity index (χ3v) is 4.23. The highest BCUT2D eigenvalue weighted by atomic mass is 32.2. The fourth-order valence-electron chi connectivity index (χ4n) is 1.92. The Bertz CT molecular complexity index is 773. The molecule has 0 spiro atoms. The van der Waals surface area contributed by atoms with E-state index in [4.69, 9.17) is 18.0 Å². The van der Waals surface area contributed by atoms with Crippen LogP contribution in [-0.2, 0) is 15.8 Å². The zero-order valence-corrected chi connectivity index (χ0v) is 13.0. The minimum Gasteiger partial charge on any atom is -0.389 e. The van der Waals surface area contributed by atoms with Gasteiger partial charge in [-0.2, -0.15) is 0 Å². The lowest BCUT2D eigenvalue weighted by atomic mass is 10.1. The summed E-state index contributed by atoms with van der Waals surface area (Å²) in [5.41, 5.74) is 8.06. The van der Waals surface area contributed by atoms with Crippen molar-refractivity contribution in [3.05, 3.63) is 59.4 Å². The van der Waals surface area contributed by atoms with Gasteiger partial charge >= 0.3 is 0 Å². The number of hydrogen-bond donors (Lipinski definition) is 2. The lowest BCUT2D eigenvalue weighted by Crippen LogP contribution is -2.19. The van der Waals surface area contributed by atoms with Crippen molar-refractivity contribution in [2.24, 2.45) is 5.73 Å². The van der Waals surface area contributed by atoms with Crippen LogP contribution in [0.15, 0.2) is 42.7 Å². The number of rotatable bonds is 5. The van der Waals surface area contributed by atoms with Crippen LogP contribution in [0.3, 0.4) is 0 Å². The molecule has 1 aromatic heterocycles. The Morgan fingerprint density at radius 1 is 1.33 bits per heavy atom. The molecule has 0 atom stereocenters. The summed E-state index contributed by atoms with van der Waals surface area (Å²) in [5, 5.41) is 0. The largest absolute Gasteiger partial charge is 0.389 e. The average Bonchev–Trinajstić information content (AvgIpc) is 2.37. The van der Waals surface area contributed by atoms with Crippen molar-refractivity contribution in [1.82, 2.24) is 4.98 Å². The molecule has 0 aliphatic heterocycles. The molecule has 0 amide bonds. The Morgan fingerprint density at radius 2 is 2.05 bits per heavy atom. The number of aromatic nitrogens is 1. The molecule has 0 unspecified atom stereocenters. The predicted octanol–water partition coefficient (Wildman–Crippen LogP) is 1.97. The summed E-state index contributed by atoms with van der Waals surface area (Å²) < 4.78 is 27.0. The fraction of sp³-hybridized carbons (Fsp3) is 0.143. The molecule has 110 valence electrons. The minimum atomic E-state index is -3.57. The standard InChI is InChI=1S/C14H15N3O2S2/c1-10-6-12(8-16-7-10)17-21(18,19)9-11-4-2-3-5-13(11)14(15)20/h2-8,17H,9H2,1H3,(H2,15,20). The van der Waals surface area contributed by atoms with E-state index in [9.17, 15) is 8.42 Å². The van der Waals surface area contributed by atoms with Gasteiger partial charge in [0, 0.05) is 11.8 Å². The van der Waals surface area contributed by atoms with Gasteiger partial charge in [0.25, 0.3) is 0 Å². The van der Waals surface area contributed by atoms with E-state index < -0.39 is 10.0 Å². The van der Waals surface area contributed by atoms with Crippen molar-refractivity contribution in [3.8, 4) is 0 Å². The number of benzene rings is 1. The summed E-state index contributed by atoms with van der Waals surface area (Å²) in [5.74, 6) is -0.200. The van der Waals surface area contributed by atoms with Gasteiger partial charge in [-0.15, -0.1) is 0 Å². The van der Waals surface area contributed by atoms with Crippen LogP contribution in [0.4, 0.5) is 5.69 Å². The fourth-order valence-corrected chi connectivity index (χ4v) is 3.32. The predicted molar refractivity (Wildman–Crippen MR) is 87.5 cm³/mol. The molecule has 1 heterocycles. The van der Waals surface area contributed by atoms with Crippen LogP contribution < -0.4 is 10.5 Å². The van der Waals surface area contributed by atoms with Crippen LogP contribution in [0.1, 0.15) is 16.7 Å². The van der Waals surface area contributed by atoms with E-state index in [1.54, 1.807) is 36.5 Å². The molecule has 2 aromatic rings. The van der Waals surface area contributed by atoms with Crippen molar-refractivity contribution in [2.45, 2.75) is 12.7 Å². The monoisotopic (exact) mass is 321 g/mol. The molecule has 7 heteroatoms. The van der Waals surface area contributed by atoms with Crippen molar-refractivity contribution in [3.63, 3.8) is 0 Å². The first kappa shape index (κ1) is 15.4. The number of pyridine rings is 1. The maximum atomic E-state index is 12.2. The summed E-state index contributed by atoms with van der Waals surface area (Å²) in [6, 6.07) is 8.64. The summed E-state index contributed by atoms with van der Waals surface area (Å²) in [7, 11) is -3.57. The summed E-state index contributed by atoms with van der Waals surface area (Å²) >= 11 is 4.94. The highest BCUT2D eigenvalue weighted by Gasteiger charge is 2.15. The van der Waals surface area contributed by atoms with E-state index in [0.29, 0.717) is 16.8 Å². The Balaban J connectivity index is 2.24. The lowest BCUT2D eigenvalue weighted by molar-refractivity contribution is 0.600. The van der Waals surface area contributed by atoms with Crippen molar-refractivity contribution < 1.29 is 8.42 Å². The smallest absolute Gasteiger partial charge is 0.236 e. The van der Waals surface area contributed by atoms with Gasteiger partial charge in [0.15, 0.2) is 0 Å². The minimum absolute atomic E-state index is 0.179. The zero-order valence-electron chi connectivity index (χ0n) is 11.4. The topological polar surface area (TPSA) is 85.1 Å². The summed E-state index contributed by atoms with van der Waals surface area (Å²) in [6.45, 7) is 1.84. The Kier molecular flexibility index (Phi) is 4.54. The van der Waals surface area contributed by atoms with E-state index in [1.807, 2.05) is 6.92 Å². The third-order valence-electron chi connectivity index (χ3n) is 2.78. The Morgan fingerprint density at radius 3 is 2.71 bits per heavy atom. The third kappa shape index (κ3) is 4.24. The highest BCUT2D eigenvalue weighted by molar-refractivity contribution is 7.91. The molecular formula is C14H15N3O2S2. The van der Waals surface area contributed by atoms with Crippen LogP contribution in [-0.4, -0.2) is 18.4 Å². The number of nitrogens with zero attached hydrogens (tertiary/aromatic N) is 1. The van der Waals surface area contributed by atoms with E-state index in [-0.39, 0.29) is 10.7 Å². The normalized spacial score (nSPS) is 11.1. The van der Waals surface area contributed by atoms with Crippen molar-refractivity contribution in [1.29, 1.82) is 0 Å². The molecule has 0 aliphatic carbocycles. The molecule has 0 fully saturated rings. The SMILES string of the molecule is Cc1cncc(NS(=O)(=O)Cc2ccccc2C(N)=S)c1. The second-order valence-electron chi connectivity index (χ2n) is 4.63. The summed E-state index contributed by atoms with van der Waals surface area (Å²) in [4.78, 5) is 4.13. The van der Waals surface area contributed by atoms with Crippen LogP contribution in [0.5, 0.6) is 0 Å². The lowest BCUT2D eigenvalue weighted by Gasteiger charge is -2.11. The van der Waals surface area contributed by atoms with Gasteiger partial charge in [0.2, 0.25) is 10.0 Å². The number of nitrogens with two attached hydrogens (primary N) is 1. The first-order valence-corrected chi connectivity index (χ1v) is 8.23. The van der Waals surface area contributed by atoms with Crippen molar-refractivity contribution in [2.75, 3.05) is 4.72 Å². The first-order valence-electron chi connectivity index (χ1n) is 6.17. The maximum absolute atomic E-state index is 12.2.